The summed E-state index contributed by atoms with van der Waals surface area (Å²) in [4.78, 5) is 25.4. The van der Waals surface area contributed by atoms with Crippen LogP contribution in [0.25, 0.3) is 0 Å². The number of benzene rings is 1. The highest BCUT2D eigenvalue weighted by Crippen LogP contribution is 2.15. The fraction of sp³-hybridized carbons (Fsp3) is 0.400. The number of nitrogens with one attached hydrogen (secondary N) is 2. The van der Waals surface area contributed by atoms with Crippen molar-refractivity contribution in [3.05, 3.63) is 29.6 Å². The van der Waals surface area contributed by atoms with Crippen LogP contribution in [0.3, 0.4) is 0 Å². The van der Waals surface area contributed by atoms with Crippen LogP contribution in [0.4, 0.5) is 14.9 Å². The standard InChI is InChI=1S/C15H17FN4O2/c16-12-4-5-13(11(8-12)9-17)19-15(22)18-10-14(21)20-6-2-1-3-7-20/h4-5,8H,1-3,6-7,10H2,(H2,18,19,22). The first-order chi connectivity index (χ1) is 10.6. The molecule has 0 spiro atoms. The fourth-order valence-corrected chi connectivity index (χ4v) is 2.30. The molecule has 1 fully saturated rings. The molecule has 116 valence electrons. The lowest BCUT2D eigenvalue weighted by atomic mass is 10.1. The fourth-order valence-electron chi connectivity index (χ4n) is 2.30. The molecule has 1 aliphatic heterocycles. The van der Waals surface area contributed by atoms with E-state index in [2.05, 4.69) is 10.6 Å². The van der Waals surface area contributed by atoms with Crippen LogP contribution in [0, 0.1) is 17.1 Å². The molecule has 0 unspecified atom stereocenters. The number of nitrogens with zero attached hydrogens (tertiary/aromatic N) is 2. The Morgan fingerprint density at radius 2 is 2.00 bits per heavy atom. The van der Waals surface area contributed by atoms with E-state index in [0.717, 1.165) is 44.5 Å². The first-order valence-corrected chi connectivity index (χ1v) is 7.12. The van der Waals surface area contributed by atoms with Crippen LogP contribution in [0.2, 0.25) is 0 Å². The van der Waals surface area contributed by atoms with Crippen LogP contribution in [-0.2, 0) is 4.79 Å². The third-order valence-corrected chi connectivity index (χ3v) is 3.46. The monoisotopic (exact) mass is 304 g/mol. The van der Waals surface area contributed by atoms with E-state index >= 15 is 0 Å². The molecule has 0 atom stereocenters. The van der Waals surface area contributed by atoms with Gasteiger partial charge in [0.1, 0.15) is 11.9 Å². The number of rotatable bonds is 3. The highest BCUT2D eigenvalue weighted by Gasteiger charge is 2.17. The zero-order valence-electron chi connectivity index (χ0n) is 12.1. The molecule has 2 rings (SSSR count). The second-order valence-electron chi connectivity index (χ2n) is 5.05. The van der Waals surface area contributed by atoms with Gasteiger partial charge in [0.25, 0.3) is 0 Å². The van der Waals surface area contributed by atoms with E-state index < -0.39 is 11.8 Å². The third kappa shape index (κ3) is 4.19. The lowest BCUT2D eigenvalue weighted by Crippen LogP contribution is -2.43. The molecule has 7 heteroatoms. The van der Waals surface area contributed by atoms with Gasteiger partial charge in [0.2, 0.25) is 5.91 Å². The molecule has 0 aromatic heterocycles. The molecule has 0 aliphatic carbocycles. The van der Waals surface area contributed by atoms with Gasteiger partial charge in [-0.05, 0) is 37.5 Å². The number of piperidine rings is 1. The summed E-state index contributed by atoms with van der Waals surface area (Å²) < 4.78 is 13.0. The normalized spacial score (nSPS) is 14.1. The van der Waals surface area contributed by atoms with E-state index in [1.54, 1.807) is 11.0 Å². The molecule has 1 heterocycles. The van der Waals surface area contributed by atoms with Crippen LogP contribution in [0.5, 0.6) is 0 Å². The summed E-state index contributed by atoms with van der Waals surface area (Å²) in [5.41, 5.74) is 0.226. The first-order valence-electron chi connectivity index (χ1n) is 7.12. The SMILES string of the molecule is N#Cc1cc(F)ccc1NC(=O)NCC(=O)N1CCCCC1. The van der Waals surface area contributed by atoms with Crippen molar-refractivity contribution in [2.24, 2.45) is 0 Å². The minimum absolute atomic E-state index is 0.0255. The van der Waals surface area contributed by atoms with Crippen molar-refractivity contribution in [1.82, 2.24) is 10.2 Å². The number of likely N-dealkylation sites (tertiary alicyclic amines) is 1. The zero-order chi connectivity index (χ0) is 15.9. The molecule has 0 bridgehead atoms. The van der Waals surface area contributed by atoms with Crippen molar-refractivity contribution in [2.45, 2.75) is 19.3 Å². The van der Waals surface area contributed by atoms with Gasteiger partial charge in [0.05, 0.1) is 17.8 Å². The predicted molar refractivity (Wildman–Crippen MR) is 78.6 cm³/mol. The van der Waals surface area contributed by atoms with Crippen molar-refractivity contribution in [2.75, 3.05) is 25.0 Å². The molecule has 0 saturated carbocycles. The minimum Gasteiger partial charge on any atom is -0.341 e. The quantitative estimate of drug-likeness (QED) is 0.893. The van der Waals surface area contributed by atoms with E-state index in [9.17, 15) is 14.0 Å². The Labute approximate surface area is 127 Å². The average molecular weight is 304 g/mol. The van der Waals surface area contributed by atoms with E-state index in [1.165, 1.54) is 6.07 Å². The maximum atomic E-state index is 13.0. The number of hydrogen-bond acceptors (Lipinski definition) is 3. The van der Waals surface area contributed by atoms with Crippen molar-refractivity contribution in [1.29, 1.82) is 5.26 Å². The van der Waals surface area contributed by atoms with Gasteiger partial charge in [-0.3, -0.25) is 4.79 Å². The summed E-state index contributed by atoms with van der Waals surface area (Å²) in [5, 5.41) is 13.8. The van der Waals surface area contributed by atoms with Gasteiger partial charge in [-0.15, -0.1) is 0 Å². The molecule has 1 saturated heterocycles. The molecule has 2 N–H and O–H groups in total. The van der Waals surface area contributed by atoms with Gasteiger partial charge in [0.15, 0.2) is 0 Å². The Hall–Kier alpha value is -2.62. The third-order valence-electron chi connectivity index (χ3n) is 3.46. The van der Waals surface area contributed by atoms with Crippen molar-refractivity contribution in [3.63, 3.8) is 0 Å². The highest BCUT2D eigenvalue weighted by molar-refractivity contribution is 5.93. The summed E-state index contributed by atoms with van der Waals surface area (Å²) >= 11 is 0. The second-order valence-corrected chi connectivity index (χ2v) is 5.05. The van der Waals surface area contributed by atoms with E-state index in [-0.39, 0.29) is 23.7 Å². The Balaban J connectivity index is 1.85. The van der Waals surface area contributed by atoms with Crippen LogP contribution in [0.1, 0.15) is 24.8 Å². The molecule has 3 amide bonds. The van der Waals surface area contributed by atoms with Gasteiger partial charge >= 0.3 is 6.03 Å². The van der Waals surface area contributed by atoms with Crippen LogP contribution in [-0.4, -0.2) is 36.5 Å². The Bertz CT molecular complexity index is 606. The number of anilines is 1. The number of halogens is 1. The molecule has 6 nitrogen and oxygen atoms in total. The molecular weight excluding hydrogens is 287 g/mol. The first kappa shape index (κ1) is 15.8. The van der Waals surface area contributed by atoms with Crippen LogP contribution in [0.15, 0.2) is 18.2 Å². The molecule has 1 aliphatic rings. The second kappa shape index (κ2) is 7.41. The zero-order valence-corrected chi connectivity index (χ0v) is 12.1. The Morgan fingerprint density at radius 1 is 1.27 bits per heavy atom. The average Bonchev–Trinajstić information content (AvgIpc) is 2.55. The number of carbonyl (C=O) groups excluding carboxylic acids is 2. The number of amides is 3. The van der Waals surface area contributed by atoms with Crippen molar-refractivity contribution >= 4 is 17.6 Å². The Kier molecular flexibility index (Phi) is 5.31. The van der Waals surface area contributed by atoms with Gasteiger partial charge in [-0.2, -0.15) is 5.26 Å². The topological polar surface area (TPSA) is 85.2 Å². The molecular formula is C15H17FN4O2. The van der Waals surface area contributed by atoms with Crippen molar-refractivity contribution < 1.29 is 14.0 Å². The lowest BCUT2D eigenvalue weighted by molar-refractivity contribution is -0.130. The Morgan fingerprint density at radius 3 is 2.68 bits per heavy atom. The van der Waals surface area contributed by atoms with Crippen LogP contribution >= 0.6 is 0 Å². The van der Waals surface area contributed by atoms with Crippen molar-refractivity contribution in [3.8, 4) is 6.07 Å². The predicted octanol–water partition coefficient (Wildman–Crippen LogP) is 1.83. The largest absolute Gasteiger partial charge is 0.341 e. The van der Waals surface area contributed by atoms with E-state index in [4.69, 9.17) is 5.26 Å². The summed E-state index contributed by atoms with van der Waals surface area (Å²) in [6, 6.07) is 4.69. The number of hydrogen-bond donors (Lipinski definition) is 2. The van der Waals surface area contributed by atoms with Gasteiger partial charge < -0.3 is 15.5 Å². The highest BCUT2D eigenvalue weighted by atomic mass is 19.1. The van der Waals surface area contributed by atoms with Gasteiger partial charge in [0, 0.05) is 13.1 Å². The van der Waals surface area contributed by atoms with Crippen LogP contribution < -0.4 is 10.6 Å². The minimum atomic E-state index is -0.603. The van der Waals surface area contributed by atoms with Gasteiger partial charge in [-0.1, -0.05) is 0 Å². The maximum Gasteiger partial charge on any atom is 0.319 e. The molecule has 22 heavy (non-hydrogen) atoms. The molecule has 1 aromatic carbocycles. The summed E-state index contributed by atoms with van der Waals surface area (Å²) in [6.45, 7) is 1.34. The maximum absolute atomic E-state index is 13.0. The number of urea groups is 1. The smallest absolute Gasteiger partial charge is 0.319 e. The summed E-state index contributed by atoms with van der Waals surface area (Å²) in [5.74, 6) is -0.683. The van der Waals surface area contributed by atoms with Gasteiger partial charge in [-0.25, -0.2) is 9.18 Å². The molecule has 1 aromatic rings. The number of nitriles is 1. The lowest BCUT2D eigenvalue weighted by Gasteiger charge is -2.26. The molecule has 0 radical (unpaired) electrons. The van der Waals surface area contributed by atoms with E-state index in [0.29, 0.717) is 0 Å². The van der Waals surface area contributed by atoms with E-state index in [1.807, 2.05) is 0 Å². The summed E-state index contributed by atoms with van der Waals surface area (Å²) in [6.07, 6.45) is 3.09. The summed E-state index contributed by atoms with van der Waals surface area (Å²) in [7, 11) is 0. The number of carbonyl (C=O) groups is 2.